The van der Waals surface area contributed by atoms with Crippen molar-refractivity contribution in [3.05, 3.63) is 20.9 Å². The SMILES string of the molecule is N#CCc1nc(N)c(I)cc1C(F)F. The normalized spacial score (nSPS) is 10.2. The first kappa shape index (κ1) is 11.1. The Balaban J connectivity index is 3.25. The highest BCUT2D eigenvalue weighted by Crippen LogP contribution is 2.26. The number of aromatic nitrogens is 1. The van der Waals surface area contributed by atoms with Gasteiger partial charge in [-0.3, -0.25) is 0 Å². The number of pyridine rings is 1. The fourth-order valence-corrected chi connectivity index (χ4v) is 1.42. The summed E-state index contributed by atoms with van der Waals surface area (Å²) in [6.07, 6.45) is -2.78. The summed E-state index contributed by atoms with van der Waals surface area (Å²) in [5.41, 5.74) is 5.29. The second-order valence-electron chi connectivity index (χ2n) is 2.53. The maximum atomic E-state index is 12.5. The predicted molar refractivity (Wildman–Crippen MR) is 55.6 cm³/mol. The zero-order valence-corrected chi connectivity index (χ0v) is 9.12. The number of nitrogen functional groups attached to an aromatic ring is 1. The molecule has 0 spiro atoms. The number of rotatable bonds is 2. The van der Waals surface area contributed by atoms with Gasteiger partial charge in [0, 0.05) is 5.56 Å². The molecule has 0 fully saturated rings. The molecule has 0 aromatic carbocycles. The Labute approximate surface area is 93.1 Å². The average Bonchev–Trinajstić information content (AvgIpc) is 2.11. The van der Waals surface area contributed by atoms with Gasteiger partial charge in [0.1, 0.15) is 5.82 Å². The molecule has 6 heteroatoms. The summed E-state index contributed by atoms with van der Waals surface area (Å²) in [6, 6.07) is 3.04. The second kappa shape index (κ2) is 4.50. The van der Waals surface area contributed by atoms with Gasteiger partial charge in [-0.25, -0.2) is 13.8 Å². The Kier molecular flexibility index (Phi) is 3.57. The van der Waals surface area contributed by atoms with E-state index in [1.54, 1.807) is 6.07 Å². The molecule has 0 bridgehead atoms. The molecule has 0 radical (unpaired) electrons. The van der Waals surface area contributed by atoms with Crippen molar-refractivity contribution >= 4 is 28.4 Å². The van der Waals surface area contributed by atoms with Gasteiger partial charge >= 0.3 is 0 Å². The van der Waals surface area contributed by atoms with Crippen LogP contribution in [0.3, 0.4) is 0 Å². The minimum Gasteiger partial charge on any atom is -0.383 e. The van der Waals surface area contributed by atoms with Gasteiger partial charge in [-0.15, -0.1) is 0 Å². The molecule has 0 atom stereocenters. The van der Waals surface area contributed by atoms with Crippen molar-refractivity contribution in [1.82, 2.24) is 4.98 Å². The van der Waals surface area contributed by atoms with Gasteiger partial charge in [0.25, 0.3) is 6.43 Å². The molecular formula is C8H6F2IN3. The minimum absolute atomic E-state index is 0.0559. The van der Waals surface area contributed by atoms with Crippen LogP contribution >= 0.6 is 22.6 Å². The lowest BCUT2D eigenvalue weighted by Crippen LogP contribution is -2.03. The number of nitrogens with two attached hydrogens (primary N) is 1. The molecule has 0 aliphatic rings. The quantitative estimate of drug-likeness (QED) is 0.853. The minimum atomic E-state index is -2.63. The number of nitrogens with zero attached hydrogens (tertiary/aromatic N) is 2. The van der Waals surface area contributed by atoms with Crippen molar-refractivity contribution in [2.45, 2.75) is 12.8 Å². The molecular weight excluding hydrogens is 303 g/mol. The zero-order chi connectivity index (χ0) is 10.7. The first-order chi connectivity index (χ1) is 6.56. The van der Waals surface area contributed by atoms with Crippen molar-refractivity contribution in [3.63, 3.8) is 0 Å². The van der Waals surface area contributed by atoms with E-state index in [2.05, 4.69) is 4.98 Å². The molecule has 0 saturated heterocycles. The van der Waals surface area contributed by atoms with Crippen LogP contribution in [-0.2, 0) is 6.42 Å². The third kappa shape index (κ3) is 2.29. The highest BCUT2D eigenvalue weighted by Gasteiger charge is 2.16. The lowest BCUT2D eigenvalue weighted by atomic mass is 10.1. The summed E-state index contributed by atoms with van der Waals surface area (Å²) in [5, 5.41) is 8.41. The fourth-order valence-electron chi connectivity index (χ4n) is 0.963. The van der Waals surface area contributed by atoms with Crippen LogP contribution in [-0.4, -0.2) is 4.98 Å². The number of halogens is 3. The number of alkyl halides is 2. The van der Waals surface area contributed by atoms with E-state index >= 15 is 0 Å². The van der Waals surface area contributed by atoms with Crippen LogP contribution in [0.5, 0.6) is 0 Å². The standard InChI is InChI=1S/C8H6F2IN3/c9-7(10)4-3-5(11)8(13)14-6(4)1-2-12/h3,7H,1H2,(H2,13,14). The molecule has 1 rings (SSSR count). The maximum Gasteiger partial charge on any atom is 0.265 e. The van der Waals surface area contributed by atoms with Crippen LogP contribution < -0.4 is 5.73 Å². The summed E-state index contributed by atoms with van der Waals surface area (Å²) >= 11 is 1.82. The molecule has 0 unspecified atom stereocenters. The number of anilines is 1. The monoisotopic (exact) mass is 309 g/mol. The molecule has 74 valence electrons. The molecule has 0 aliphatic carbocycles. The molecule has 14 heavy (non-hydrogen) atoms. The van der Waals surface area contributed by atoms with E-state index < -0.39 is 6.43 Å². The fraction of sp³-hybridized carbons (Fsp3) is 0.250. The Morgan fingerprint density at radius 2 is 2.29 bits per heavy atom. The van der Waals surface area contributed by atoms with Crippen LogP contribution in [0.2, 0.25) is 0 Å². The molecule has 2 N–H and O–H groups in total. The molecule has 0 aliphatic heterocycles. The Bertz CT molecular complexity index is 387. The topological polar surface area (TPSA) is 62.7 Å². The van der Waals surface area contributed by atoms with Gasteiger partial charge in [-0.05, 0) is 28.7 Å². The van der Waals surface area contributed by atoms with Crippen molar-refractivity contribution < 1.29 is 8.78 Å². The summed E-state index contributed by atoms with van der Waals surface area (Å²) in [4.78, 5) is 3.75. The number of nitriles is 1. The van der Waals surface area contributed by atoms with E-state index in [-0.39, 0.29) is 23.5 Å². The first-order valence-electron chi connectivity index (χ1n) is 3.66. The van der Waals surface area contributed by atoms with Crippen LogP contribution in [0.1, 0.15) is 17.7 Å². The largest absolute Gasteiger partial charge is 0.383 e. The molecule has 1 aromatic rings. The van der Waals surface area contributed by atoms with E-state index in [1.807, 2.05) is 22.6 Å². The van der Waals surface area contributed by atoms with Crippen molar-refractivity contribution in [2.24, 2.45) is 0 Å². The number of hydrogen-bond acceptors (Lipinski definition) is 3. The smallest absolute Gasteiger partial charge is 0.265 e. The first-order valence-corrected chi connectivity index (χ1v) is 4.74. The maximum absolute atomic E-state index is 12.5. The van der Waals surface area contributed by atoms with Gasteiger partial charge in [-0.2, -0.15) is 5.26 Å². The highest BCUT2D eigenvalue weighted by atomic mass is 127. The van der Waals surface area contributed by atoms with E-state index in [0.29, 0.717) is 3.57 Å². The second-order valence-corrected chi connectivity index (χ2v) is 3.69. The molecule has 0 saturated carbocycles. The molecule has 3 nitrogen and oxygen atoms in total. The van der Waals surface area contributed by atoms with Gasteiger partial charge < -0.3 is 5.73 Å². The highest BCUT2D eigenvalue weighted by molar-refractivity contribution is 14.1. The molecule has 1 heterocycles. The lowest BCUT2D eigenvalue weighted by Gasteiger charge is -2.07. The Hall–Kier alpha value is -0.970. The van der Waals surface area contributed by atoms with Crippen molar-refractivity contribution in [3.8, 4) is 6.07 Å². The van der Waals surface area contributed by atoms with Crippen LogP contribution in [0.4, 0.5) is 14.6 Å². The van der Waals surface area contributed by atoms with Gasteiger partial charge in [0.2, 0.25) is 0 Å². The van der Waals surface area contributed by atoms with Gasteiger partial charge in [0.15, 0.2) is 0 Å². The van der Waals surface area contributed by atoms with E-state index in [9.17, 15) is 8.78 Å². The van der Waals surface area contributed by atoms with Gasteiger partial charge in [0.05, 0.1) is 21.8 Å². The summed E-state index contributed by atoms with van der Waals surface area (Å²) in [7, 11) is 0. The average molecular weight is 309 g/mol. The van der Waals surface area contributed by atoms with Crippen LogP contribution in [0.25, 0.3) is 0 Å². The predicted octanol–water partition coefficient (Wildman–Crippen LogP) is 2.27. The zero-order valence-electron chi connectivity index (χ0n) is 6.97. The Morgan fingerprint density at radius 1 is 1.64 bits per heavy atom. The summed E-state index contributed by atoms with van der Waals surface area (Å²) in [5.74, 6) is 0.181. The third-order valence-electron chi connectivity index (χ3n) is 1.60. The molecule has 1 aromatic heterocycles. The van der Waals surface area contributed by atoms with E-state index in [0.717, 1.165) is 0 Å². The van der Waals surface area contributed by atoms with Gasteiger partial charge in [-0.1, -0.05) is 0 Å². The van der Waals surface area contributed by atoms with Crippen LogP contribution in [0.15, 0.2) is 6.07 Å². The van der Waals surface area contributed by atoms with E-state index in [1.165, 1.54) is 6.07 Å². The van der Waals surface area contributed by atoms with Crippen LogP contribution in [0, 0.1) is 14.9 Å². The van der Waals surface area contributed by atoms with E-state index in [4.69, 9.17) is 11.0 Å². The third-order valence-corrected chi connectivity index (χ3v) is 2.46. The number of hydrogen-bond donors (Lipinski definition) is 1. The Morgan fingerprint density at radius 3 is 2.79 bits per heavy atom. The van der Waals surface area contributed by atoms with Crippen molar-refractivity contribution in [1.29, 1.82) is 5.26 Å². The lowest BCUT2D eigenvalue weighted by molar-refractivity contribution is 0.150. The molecule has 0 amide bonds. The van der Waals surface area contributed by atoms with Crippen molar-refractivity contribution in [2.75, 3.05) is 5.73 Å². The summed E-state index contributed by atoms with van der Waals surface area (Å²) < 4.78 is 25.4. The summed E-state index contributed by atoms with van der Waals surface area (Å²) in [6.45, 7) is 0.